The zero-order valence-electron chi connectivity index (χ0n) is 13.0. The number of hydrogen-bond acceptors (Lipinski definition) is 4. The molecule has 1 heterocycles. The first-order chi connectivity index (χ1) is 12.3. The van der Waals surface area contributed by atoms with Gasteiger partial charge in [0.05, 0.1) is 12.0 Å². The van der Waals surface area contributed by atoms with Gasteiger partial charge in [0, 0.05) is 10.6 Å². The Morgan fingerprint density at radius 2 is 1.69 bits per heavy atom. The van der Waals surface area contributed by atoms with Crippen molar-refractivity contribution in [2.45, 2.75) is 12.6 Å². The lowest BCUT2D eigenvalue weighted by atomic mass is 10.1. The third kappa shape index (κ3) is 4.40. The number of carbonyl (C=O) groups is 1. The maximum absolute atomic E-state index is 12.6. The molecule has 2 aromatic carbocycles. The van der Waals surface area contributed by atoms with Gasteiger partial charge in [-0.2, -0.15) is 13.2 Å². The van der Waals surface area contributed by atoms with Crippen LogP contribution in [-0.4, -0.2) is 16.1 Å². The Kier molecular flexibility index (Phi) is 4.94. The highest BCUT2D eigenvalue weighted by Crippen LogP contribution is 2.30. The van der Waals surface area contributed by atoms with Crippen LogP contribution in [0.3, 0.4) is 0 Å². The van der Waals surface area contributed by atoms with Crippen LogP contribution in [0, 0.1) is 0 Å². The number of rotatable bonds is 4. The molecule has 3 aromatic rings. The molecular weight excluding hydrogens is 371 g/mol. The summed E-state index contributed by atoms with van der Waals surface area (Å²) in [4.78, 5) is 12.0. The number of alkyl halides is 3. The number of carbonyl (C=O) groups excluding carboxylic acids is 1. The number of nitrogens with zero attached hydrogens (tertiary/aromatic N) is 2. The molecule has 26 heavy (non-hydrogen) atoms. The lowest BCUT2D eigenvalue weighted by Gasteiger charge is -2.05. The fraction of sp³-hybridized carbons (Fsp3) is 0.118. The zero-order valence-corrected chi connectivity index (χ0v) is 13.8. The van der Waals surface area contributed by atoms with Crippen molar-refractivity contribution in [3.63, 3.8) is 0 Å². The van der Waals surface area contributed by atoms with Crippen LogP contribution in [0.4, 0.5) is 19.2 Å². The molecule has 0 aliphatic heterocycles. The first-order valence-corrected chi connectivity index (χ1v) is 7.74. The minimum Gasteiger partial charge on any atom is -0.403 e. The zero-order chi connectivity index (χ0) is 18.7. The van der Waals surface area contributed by atoms with Gasteiger partial charge >= 0.3 is 12.2 Å². The Labute approximate surface area is 150 Å². The Balaban J connectivity index is 1.66. The Bertz CT molecular complexity index is 906. The fourth-order valence-electron chi connectivity index (χ4n) is 2.14. The highest BCUT2D eigenvalue weighted by molar-refractivity contribution is 6.30. The molecule has 134 valence electrons. The van der Waals surface area contributed by atoms with E-state index < -0.39 is 11.7 Å². The number of hydrogen-bond donors (Lipinski definition) is 1. The second-order valence-corrected chi connectivity index (χ2v) is 5.78. The molecule has 0 fully saturated rings. The molecule has 0 saturated heterocycles. The van der Waals surface area contributed by atoms with Crippen LogP contribution in [0.15, 0.2) is 52.9 Å². The van der Waals surface area contributed by atoms with E-state index in [0.29, 0.717) is 10.6 Å². The Morgan fingerprint density at radius 3 is 2.31 bits per heavy atom. The lowest BCUT2D eigenvalue weighted by molar-refractivity contribution is -0.137. The lowest BCUT2D eigenvalue weighted by Crippen LogP contribution is -2.14. The van der Waals surface area contributed by atoms with Crippen LogP contribution < -0.4 is 5.32 Å². The number of anilines is 1. The van der Waals surface area contributed by atoms with Crippen molar-refractivity contribution in [3.8, 4) is 11.5 Å². The first kappa shape index (κ1) is 17.9. The Hall–Kier alpha value is -2.87. The summed E-state index contributed by atoms with van der Waals surface area (Å²) < 4.78 is 43.0. The average molecular weight is 382 g/mol. The third-order valence-corrected chi connectivity index (χ3v) is 3.66. The van der Waals surface area contributed by atoms with Crippen LogP contribution in [0.25, 0.3) is 11.5 Å². The second-order valence-electron chi connectivity index (χ2n) is 5.34. The molecule has 1 amide bonds. The minimum atomic E-state index is -4.42. The number of nitrogens with one attached hydrogen (secondary N) is 1. The van der Waals surface area contributed by atoms with Crippen LogP contribution >= 0.6 is 11.6 Å². The van der Waals surface area contributed by atoms with Crippen molar-refractivity contribution in [3.05, 3.63) is 64.7 Å². The molecular formula is C17H11ClF3N3O2. The van der Waals surface area contributed by atoms with Crippen molar-refractivity contribution < 1.29 is 22.4 Å². The number of amides is 1. The standard InChI is InChI=1S/C17H11ClF3N3O2/c18-13-7-1-10(2-8-13)9-14(25)22-16-24-23-15(26-16)11-3-5-12(6-4-11)17(19,20)21/h1-8H,9H2,(H,22,24,25). The number of halogens is 4. The monoisotopic (exact) mass is 381 g/mol. The molecule has 0 radical (unpaired) electrons. The van der Waals surface area contributed by atoms with Crippen molar-refractivity contribution >= 4 is 23.5 Å². The maximum atomic E-state index is 12.6. The summed E-state index contributed by atoms with van der Waals surface area (Å²) in [5.74, 6) is -0.379. The summed E-state index contributed by atoms with van der Waals surface area (Å²) in [6.45, 7) is 0. The maximum Gasteiger partial charge on any atom is 0.416 e. The van der Waals surface area contributed by atoms with E-state index in [1.165, 1.54) is 12.1 Å². The topological polar surface area (TPSA) is 68.0 Å². The quantitative estimate of drug-likeness (QED) is 0.717. The van der Waals surface area contributed by atoms with Crippen molar-refractivity contribution in [1.29, 1.82) is 0 Å². The second kappa shape index (κ2) is 7.17. The minimum absolute atomic E-state index is 0.000479. The summed E-state index contributed by atoms with van der Waals surface area (Å²) >= 11 is 5.78. The summed E-state index contributed by atoms with van der Waals surface area (Å²) in [6, 6.07) is 10.9. The molecule has 5 nitrogen and oxygen atoms in total. The van der Waals surface area contributed by atoms with Crippen molar-refractivity contribution in [1.82, 2.24) is 10.2 Å². The van der Waals surface area contributed by atoms with Crippen LogP contribution in [0.5, 0.6) is 0 Å². The van der Waals surface area contributed by atoms with E-state index in [4.69, 9.17) is 16.0 Å². The predicted octanol–water partition coefficient (Wildman–Crippen LogP) is 4.59. The van der Waals surface area contributed by atoms with Gasteiger partial charge in [0.2, 0.25) is 11.8 Å². The molecule has 0 bridgehead atoms. The van der Waals surface area contributed by atoms with Crippen LogP contribution in [0.1, 0.15) is 11.1 Å². The third-order valence-electron chi connectivity index (χ3n) is 3.41. The number of aromatic nitrogens is 2. The highest BCUT2D eigenvalue weighted by atomic mass is 35.5. The molecule has 0 saturated carbocycles. The number of benzene rings is 2. The molecule has 1 aromatic heterocycles. The Morgan fingerprint density at radius 1 is 1.04 bits per heavy atom. The van der Waals surface area contributed by atoms with E-state index in [1.807, 2.05) is 0 Å². The fourth-order valence-corrected chi connectivity index (χ4v) is 2.27. The van der Waals surface area contributed by atoms with Gasteiger partial charge in [-0.1, -0.05) is 28.8 Å². The molecule has 9 heteroatoms. The largest absolute Gasteiger partial charge is 0.416 e. The molecule has 0 aliphatic carbocycles. The van der Waals surface area contributed by atoms with Gasteiger partial charge in [-0.3, -0.25) is 10.1 Å². The van der Waals surface area contributed by atoms with Gasteiger partial charge in [0.1, 0.15) is 0 Å². The van der Waals surface area contributed by atoms with Crippen LogP contribution in [0.2, 0.25) is 5.02 Å². The summed E-state index contributed by atoms with van der Waals surface area (Å²) in [7, 11) is 0. The van der Waals surface area contributed by atoms with E-state index in [1.54, 1.807) is 24.3 Å². The van der Waals surface area contributed by atoms with E-state index in [-0.39, 0.29) is 24.2 Å². The summed E-state index contributed by atoms with van der Waals surface area (Å²) in [5, 5.41) is 10.4. The summed E-state index contributed by atoms with van der Waals surface area (Å²) in [6.07, 6.45) is -4.34. The molecule has 3 rings (SSSR count). The van der Waals surface area contributed by atoms with Gasteiger partial charge in [0.15, 0.2) is 0 Å². The predicted molar refractivity (Wildman–Crippen MR) is 88.5 cm³/mol. The van der Waals surface area contributed by atoms with Gasteiger partial charge < -0.3 is 4.42 Å². The smallest absolute Gasteiger partial charge is 0.403 e. The van der Waals surface area contributed by atoms with E-state index in [2.05, 4.69) is 15.5 Å². The molecule has 0 unspecified atom stereocenters. The van der Waals surface area contributed by atoms with E-state index in [9.17, 15) is 18.0 Å². The molecule has 1 N–H and O–H groups in total. The van der Waals surface area contributed by atoms with Gasteiger partial charge in [-0.15, -0.1) is 5.10 Å². The van der Waals surface area contributed by atoms with E-state index >= 15 is 0 Å². The average Bonchev–Trinajstić information content (AvgIpc) is 3.04. The van der Waals surface area contributed by atoms with E-state index in [0.717, 1.165) is 17.7 Å². The van der Waals surface area contributed by atoms with Crippen LogP contribution in [-0.2, 0) is 17.4 Å². The highest BCUT2D eigenvalue weighted by Gasteiger charge is 2.30. The normalized spacial score (nSPS) is 11.4. The SMILES string of the molecule is O=C(Cc1ccc(Cl)cc1)Nc1nnc(-c2ccc(C(F)(F)F)cc2)o1. The van der Waals surface area contributed by atoms with Gasteiger partial charge in [-0.25, -0.2) is 0 Å². The van der Waals surface area contributed by atoms with Gasteiger partial charge in [-0.05, 0) is 42.0 Å². The molecule has 0 atom stereocenters. The van der Waals surface area contributed by atoms with Crippen molar-refractivity contribution in [2.75, 3.05) is 5.32 Å². The van der Waals surface area contributed by atoms with Gasteiger partial charge in [0.25, 0.3) is 0 Å². The van der Waals surface area contributed by atoms with Crippen molar-refractivity contribution in [2.24, 2.45) is 0 Å². The molecule has 0 aliphatic rings. The first-order valence-electron chi connectivity index (χ1n) is 7.37. The summed E-state index contributed by atoms with van der Waals surface area (Å²) in [5.41, 5.74) is 0.273. The molecule has 0 spiro atoms.